The number of rotatable bonds is 15. The van der Waals surface area contributed by atoms with Crippen LogP contribution in [0, 0.1) is 5.82 Å². The van der Waals surface area contributed by atoms with Gasteiger partial charge in [-0.1, -0.05) is 115 Å². The van der Waals surface area contributed by atoms with E-state index < -0.39 is 48.0 Å². The van der Waals surface area contributed by atoms with Crippen molar-refractivity contribution in [2.24, 2.45) is 0 Å². The van der Waals surface area contributed by atoms with Crippen LogP contribution >= 0.6 is 0 Å². The quantitative estimate of drug-likeness (QED) is 0.127. The van der Waals surface area contributed by atoms with E-state index in [1.807, 2.05) is 91.0 Å². The first kappa shape index (κ1) is 34.5. The van der Waals surface area contributed by atoms with E-state index in [0.717, 1.165) is 27.5 Å². The molecule has 0 spiro atoms. The molecule has 0 saturated carbocycles. The first-order valence-electron chi connectivity index (χ1n) is 16.2. The Morgan fingerprint density at radius 3 is 2.02 bits per heavy atom. The number of halogens is 1. The second kappa shape index (κ2) is 17.4. The van der Waals surface area contributed by atoms with Gasteiger partial charge >= 0.3 is 5.97 Å². The van der Waals surface area contributed by atoms with Crippen molar-refractivity contribution in [1.82, 2.24) is 16.0 Å². The maximum absolute atomic E-state index is 13.8. The van der Waals surface area contributed by atoms with Gasteiger partial charge in [-0.3, -0.25) is 19.2 Å². The van der Waals surface area contributed by atoms with E-state index >= 15 is 0 Å². The molecule has 3 amide bonds. The van der Waals surface area contributed by atoms with E-state index in [-0.39, 0.29) is 26.0 Å². The van der Waals surface area contributed by atoms with Gasteiger partial charge in [-0.05, 0) is 51.6 Å². The number of hydrogen-bond acceptors (Lipinski definition) is 5. The Bertz CT molecular complexity index is 1800. The molecule has 0 aliphatic heterocycles. The van der Waals surface area contributed by atoms with Crippen LogP contribution < -0.4 is 16.0 Å². The summed E-state index contributed by atoms with van der Waals surface area (Å²) >= 11 is 0. The number of amides is 3. The summed E-state index contributed by atoms with van der Waals surface area (Å²) in [6.45, 7) is 0.196. The molecule has 49 heavy (non-hydrogen) atoms. The highest BCUT2D eigenvalue weighted by Gasteiger charge is 2.29. The topological polar surface area (TPSA) is 114 Å². The number of fused-ring (bicyclic) bond motifs is 1. The summed E-state index contributed by atoms with van der Waals surface area (Å²) < 4.78 is 19.1. The van der Waals surface area contributed by atoms with Gasteiger partial charge in [0.1, 0.15) is 24.5 Å². The lowest BCUT2D eigenvalue weighted by Crippen LogP contribution is -2.55. The molecule has 0 bridgehead atoms. The Labute approximate surface area is 284 Å². The molecular weight excluding hydrogens is 621 g/mol. The second-order valence-electron chi connectivity index (χ2n) is 11.7. The molecular formula is C40H38FN3O5. The predicted octanol–water partition coefficient (Wildman–Crippen LogP) is 5.57. The van der Waals surface area contributed by atoms with Gasteiger partial charge in [-0.25, -0.2) is 4.39 Å². The van der Waals surface area contributed by atoms with Crippen molar-refractivity contribution in [3.05, 3.63) is 155 Å². The lowest BCUT2D eigenvalue weighted by atomic mass is 10.0. The monoisotopic (exact) mass is 659 g/mol. The van der Waals surface area contributed by atoms with Crippen molar-refractivity contribution in [3.8, 4) is 0 Å². The lowest BCUT2D eigenvalue weighted by molar-refractivity contribution is -0.147. The average molecular weight is 660 g/mol. The number of esters is 1. The van der Waals surface area contributed by atoms with Crippen molar-refractivity contribution in [1.29, 1.82) is 0 Å². The Morgan fingerprint density at radius 1 is 0.633 bits per heavy atom. The smallest absolute Gasteiger partial charge is 0.308 e. The third-order valence-electron chi connectivity index (χ3n) is 8.07. The van der Waals surface area contributed by atoms with Gasteiger partial charge in [0.25, 0.3) is 0 Å². The number of carbonyl (C=O) groups is 4. The number of aryl methyl sites for hydroxylation is 1. The zero-order valence-corrected chi connectivity index (χ0v) is 26.9. The van der Waals surface area contributed by atoms with E-state index in [9.17, 15) is 23.6 Å². The van der Waals surface area contributed by atoms with Gasteiger partial charge in [0.05, 0.1) is 6.42 Å². The molecule has 2 atom stereocenters. The number of hydrogen-bond donors (Lipinski definition) is 3. The fraction of sp³-hybridized carbons (Fsp3) is 0.200. The highest BCUT2D eigenvalue weighted by atomic mass is 19.1. The van der Waals surface area contributed by atoms with Crippen molar-refractivity contribution >= 4 is 34.5 Å². The average Bonchev–Trinajstić information content (AvgIpc) is 3.13. The number of ether oxygens (including phenoxy) is 1. The summed E-state index contributed by atoms with van der Waals surface area (Å²) in [7, 11) is 0. The van der Waals surface area contributed by atoms with Crippen LogP contribution in [0.1, 0.15) is 35.1 Å². The molecule has 5 aromatic carbocycles. The van der Waals surface area contributed by atoms with E-state index in [2.05, 4.69) is 16.0 Å². The summed E-state index contributed by atoms with van der Waals surface area (Å²) in [4.78, 5) is 53.4. The van der Waals surface area contributed by atoms with Crippen molar-refractivity contribution in [3.63, 3.8) is 0 Å². The summed E-state index contributed by atoms with van der Waals surface area (Å²) in [5, 5.41) is 10.3. The van der Waals surface area contributed by atoms with Crippen LogP contribution in [0.3, 0.4) is 0 Å². The Kier molecular flexibility index (Phi) is 12.2. The Balaban J connectivity index is 1.31. The van der Waals surface area contributed by atoms with Crippen LogP contribution in [0.4, 0.5) is 4.39 Å². The zero-order chi connectivity index (χ0) is 34.4. The molecule has 1 unspecified atom stereocenters. The highest BCUT2D eigenvalue weighted by Crippen LogP contribution is 2.18. The van der Waals surface area contributed by atoms with Gasteiger partial charge in [-0.2, -0.15) is 0 Å². The second-order valence-corrected chi connectivity index (χ2v) is 11.7. The number of benzene rings is 5. The minimum atomic E-state index is -1.31. The molecule has 5 aromatic rings. The molecule has 0 fully saturated rings. The van der Waals surface area contributed by atoms with Crippen LogP contribution in [0.15, 0.2) is 127 Å². The van der Waals surface area contributed by atoms with Crippen LogP contribution in [0.2, 0.25) is 0 Å². The van der Waals surface area contributed by atoms with E-state index in [4.69, 9.17) is 4.74 Å². The molecule has 5 rings (SSSR count). The predicted molar refractivity (Wildman–Crippen MR) is 185 cm³/mol. The fourth-order valence-corrected chi connectivity index (χ4v) is 5.43. The van der Waals surface area contributed by atoms with E-state index in [1.54, 1.807) is 12.1 Å². The third-order valence-corrected chi connectivity index (χ3v) is 8.07. The largest absolute Gasteiger partial charge is 0.461 e. The summed E-state index contributed by atoms with van der Waals surface area (Å²) in [6, 6.07) is 35.4. The van der Waals surface area contributed by atoms with Crippen LogP contribution in [-0.2, 0) is 49.9 Å². The van der Waals surface area contributed by atoms with Crippen molar-refractivity contribution in [2.45, 2.75) is 50.9 Å². The maximum atomic E-state index is 13.8. The summed E-state index contributed by atoms with van der Waals surface area (Å²) in [5.74, 6) is -2.76. The standard InChI is InChI=1S/C40H38FN3O5/c41-33-21-18-29(19-22-33)24-35(39(47)42-26-32-16-9-15-31-14-7-8-17-34(31)32)44-40(48)36(25-38(46)49-27-30-12-5-2-6-13-30)43-37(45)23-20-28-10-3-1-4-11-28/h1-19,21-22,35-36H,20,23-27H2,(H,42,47)(H,43,45)(H,44,48)/t35?,36-/m0/s1. The molecule has 0 aromatic heterocycles. The van der Waals surface area contributed by atoms with Crippen molar-refractivity contribution in [2.75, 3.05) is 0 Å². The van der Waals surface area contributed by atoms with Crippen LogP contribution in [-0.4, -0.2) is 35.8 Å². The molecule has 8 nitrogen and oxygen atoms in total. The van der Waals surface area contributed by atoms with Gasteiger partial charge in [0, 0.05) is 19.4 Å². The molecule has 0 radical (unpaired) electrons. The number of carbonyl (C=O) groups excluding carboxylic acids is 4. The van der Waals surface area contributed by atoms with Crippen LogP contribution in [0.5, 0.6) is 0 Å². The first-order valence-corrected chi connectivity index (χ1v) is 16.2. The maximum Gasteiger partial charge on any atom is 0.308 e. The normalized spacial score (nSPS) is 12.0. The van der Waals surface area contributed by atoms with E-state index in [1.165, 1.54) is 24.3 Å². The molecule has 9 heteroatoms. The third kappa shape index (κ3) is 10.6. The SMILES string of the molecule is O=C(CCc1ccccc1)N[C@@H](CC(=O)OCc1ccccc1)C(=O)NC(Cc1ccc(F)cc1)C(=O)NCc1cccc2ccccc12. The molecule has 250 valence electrons. The molecule has 3 N–H and O–H groups in total. The fourth-order valence-electron chi connectivity index (χ4n) is 5.43. The van der Waals surface area contributed by atoms with E-state index in [0.29, 0.717) is 12.0 Å². The number of nitrogens with one attached hydrogen (secondary N) is 3. The van der Waals surface area contributed by atoms with Gasteiger partial charge < -0.3 is 20.7 Å². The molecule has 0 aliphatic rings. The molecule has 0 aliphatic carbocycles. The molecule has 0 heterocycles. The lowest BCUT2D eigenvalue weighted by Gasteiger charge is -2.23. The Hall–Kier alpha value is -5.83. The first-order chi connectivity index (χ1) is 23.8. The minimum Gasteiger partial charge on any atom is -0.461 e. The molecule has 0 saturated heterocycles. The van der Waals surface area contributed by atoms with Gasteiger partial charge in [-0.15, -0.1) is 0 Å². The summed E-state index contributed by atoms with van der Waals surface area (Å²) in [5.41, 5.74) is 3.22. The Morgan fingerprint density at radius 2 is 1.29 bits per heavy atom. The van der Waals surface area contributed by atoms with Crippen molar-refractivity contribution < 1.29 is 28.3 Å². The van der Waals surface area contributed by atoms with Crippen LogP contribution in [0.25, 0.3) is 10.8 Å². The highest BCUT2D eigenvalue weighted by molar-refractivity contribution is 5.94. The van der Waals surface area contributed by atoms with Gasteiger partial charge in [0.15, 0.2) is 0 Å². The van der Waals surface area contributed by atoms with Gasteiger partial charge in [0.2, 0.25) is 17.7 Å². The minimum absolute atomic E-state index is 0.000266. The zero-order valence-electron chi connectivity index (χ0n) is 26.9. The summed E-state index contributed by atoms with van der Waals surface area (Å²) in [6.07, 6.45) is 0.109.